The van der Waals surface area contributed by atoms with Crippen molar-refractivity contribution in [3.63, 3.8) is 0 Å². The van der Waals surface area contributed by atoms with Gasteiger partial charge in [-0.15, -0.1) is 6.58 Å². The summed E-state index contributed by atoms with van der Waals surface area (Å²) in [6.45, 7) is 11.0. The first-order valence-corrected chi connectivity index (χ1v) is 8.48. The fourth-order valence-electron chi connectivity index (χ4n) is 3.11. The van der Waals surface area contributed by atoms with E-state index in [0.717, 1.165) is 36.4 Å². The lowest BCUT2D eigenvalue weighted by molar-refractivity contribution is -0.142. The van der Waals surface area contributed by atoms with Gasteiger partial charge in [0.15, 0.2) is 11.5 Å². The molecular weight excluding hydrogens is 306 g/mol. The molecular formula is C19H27NO4. The maximum Gasteiger partial charge on any atom is 0.314 e. The first-order chi connectivity index (χ1) is 11.6. The second-order valence-electron chi connectivity index (χ2n) is 5.74. The van der Waals surface area contributed by atoms with Crippen LogP contribution in [0.15, 0.2) is 24.8 Å². The number of hydrogen-bond donors (Lipinski definition) is 0. The van der Waals surface area contributed by atoms with E-state index in [9.17, 15) is 4.79 Å². The Morgan fingerprint density at radius 1 is 1.29 bits per heavy atom. The Balaban J connectivity index is 2.47. The summed E-state index contributed by atoms with van der Waals surface area (Å²) in [5, 5.41) is 0. The minimum atomic E-state index is -0.331. The maximum atomic E-state index is 12.4. The molecule has 5 nitrogen and oxygen atoms in total. The summed E-state index contributed by atoms with van der Waals surface area (Å²) in [4.78, 5) is 14.6. The van der Waals surface area contributed by atoms with Gasteiger partial charge in [0, 0.05) is 19.6 Å². The fraction of sp³-hybridized carbons (Fsp3) is 0.526. The Morgan fingerprint density at radius 3 is 2.54 bits per heavy atom. The molecule has 2 rings (SSSR count). The molecule has 5 heteroatoms. The molecule has 1 unspecified atom stereocenters. The molecule has 0 amide bonds. The normalized spacial score (nSPS) is 17.5. The number of methoxy groups -OCH3 is 1. The van der Waals surface area contributed by atoms with Crippen LogP contribution in [0.5, 0.6) is 11.5 Å². The minimum Gasteiger partial charge on any atom is -0.490 e. The van der Waals surface area contributed by atoms with Gasteiger partial charge in [-0.25, -0.2) is 0 Å². The highest BCUT2D eigenvalue weighted by molar-refractivity contribution is 5.79. The molecule has 1 aliphatic rings. The van der Waals surface area contributed by atoms with Crippen LogP contribution in [0.25, 0.3) is 0 Å². The zero-order chi connectivity index (χ0) is 17.5. The van der Waals surface area contributed by atoms with Crippen molar-refractivity contribution < 1.29 is 19.0 Å². The average molecular weight is 333 g/mol. The lowest BCUT2D eigenvalue weighted by Crippen LogP contribution is -2.31. The van der Waals surface area contributed by atoms with Crippen LogP contribution in [0.1, 0.15) is 30.9 Å². The van der Waals surface area contributed by atoms with E-state index in [2.05, 4.69) is 11.5 Å². The summed E-state index contributed by atoms with van der Waals surface area (Å²) in [5.74, 6) is 0.865. The summed E-state index contributed by atoms with van der Waals surface area (Å²) in [7, 11) is 1.43. The third-order valence-electron chi connectivity index (χ3n) is 4.19. The molecule has 0 aliphatic carbocycles. The topological polar surface area (TPSA) is 48.0 Å². The van der Waals surface area contributed by atoms with Gasteiger partial charge in [-0.05, 0) is 43.5 Å². The number of ether oxygens (including phenoxy) is 3. The summed E-state index contributed by atoms with van der Waals surface area (Å²) in [5.41, 5.74) is 2.09. The average Bonchev–Trinajstić information content (AvgIpc) is 2.75. The van der Waals surface area contributed by atoms with Crippen LogP contribution in [0, 0.1) is 0 Å². The third kappa shape index (κ3) is 4.09. The van der Waals surface area contributed by atoms with Gasteiger partial charge < -0.3 is 14.2 Å². The van der Waals surface area contributed by atoms with Crippen molar-refractivity contribution >= 4 is 5.97 Å². The van der Waals surface area contributed by atoms with Gasteiger partial charge in [-0.2, -0.15) is 0 Å². The second-order valence-corrected chi connectivity index (χ2v) is 5.74. The molecule has 1 aromatic carbocycles. The predicted molar refractivity (Wildman–Crippen MR) is 93.9 cm³/mol. The summed E-state index contributed by atoms with van der Waals surface area (Å²) in [6, 6.07) is 3.96. The molecule has 0 saturated carbocycles. The summed E-state index contributed by atoms with van der Waals surface area (Å²) >= 11 is 0. The number of carbonyl (C=O) groups is 1. The number of rotatable bonds is 7. The largest absolute Gasteiger partial charge is 0.490 e. The zero-order valence-electron chi connectivity index (χ0n) is 14.8. The van der Waals surface area contributed by atoms with Gasteiger partial charge in [-0.3, -0.25) is 9.69 Å². The van der Waals surface area contributed by atoms with Crippen molar-refractivity contribution in [1.29, 1.82) is 0 Å². The van der Waals surface area contributed by atoms with Crippen molar-refractivity contribution in [3.8, 4) is 11.5 Å². The van der Waals surface area contributed by atoms with Crippen molar-refractivity contribution in [3.05, 3.63) is 35.9 Å². The Bertz CT molecular complexity index is 585. The summed E-state index contributed by atoms with van der Waals surface area (Å²) in [6.07, 6.45) is 2.71. The zero-order valence-corrected chi connectivity index (χ0v) is 14.8. The molecule has 1 aromatic rings. The fourth-order valence-corrected chi connectivity index (χ4v) is 3.11. The molecule has 1 heterocycles. The molecule has 24 heavy (non-hydrogen) atoms. The third-order valence-corrected chi connectivity index (χ3v) is 4.19. The molecule has 0 radical (unpaired) electrons. The highest BCUT2D eigenvalue weighted by Crippen LogP contribution is 2.37. The van der Waals surface area contributed by atoms with Gasteiger partial charge in [0.1, 0.15) is 0 Å². The van der Waals surface area contributed by atoms with Crippen molar-refractivity contribution in [1.82, 2.24) is 4.90 Å². The highest BCUT2D eigenvalue weighted by atomic mass is 16.5. The summed E-state index contributed by atoms with van der Waals surface area (Å²) < 4.78 is 16.5. The number of esters is 1. The van der Waals surface area contributed by atoms with Crippen LogP contribution in [-0.2, 0) is 16.0 Å². The Labute approximate surface area is 144 Å². The molecule has 0 fully saturated rings. The first-order valence-electron chi connectivity index (χ1n) is 8.48. The van der Waals surface area contributed by atoms with Crippen molar-refractivity contribution in [2.24, 2.45) is 0 Å². The van der Waals surface area contributed by atoms with Gasteiger partial charge >= 0.3 is 5.97 Å². The van der Waals surface area contributed by atoms with E-state index in [0.29, 0.717) is 25.5 Å². The minimum absolute atomic E-state index is 0.223. The Hall–Kier alpha value is -2.01. The van der Waals surface area contributed by atoms with Gasteiger partial charge in [-0.1, -0.05) is 6.08 Å². The number of hydrogen-bond acceptors (Lipinski definition) is 5. The van der Waals surface area contributed by atoms with E-state index in [-0.39, 0.29) is 11.9 Å². The van der Waals surface area contributed by atoms with Crippen LogP contribution in [0.3, 0.4) is 0 Å². The number of fused-ring (bicyclic) bond motifs is 1. The molecule has 1 atom stereocenters. The van der Waals surface area contributed by atoms with E-state index in [1.807, 2.05) is 32.1 Å². The van der Waals surface area contributed by atoms with Crippen LogP contribution in [-0.4, -0.2) is 50.8 Å². The molecule has 0 saturated heterocycles. The standard InChI is InChI=1S/C19H27NO4/c1-5-9-20-10-8-14-11-17(23-6-2)18(24-7-3)12-15(14)16(13-20)19(21)22-4/h5,11-12,16H,1,6-10,13H2,2-4H3. The monoisotopic (exact) mass is 333 g/mol. The molecule has 0 N–H and O–H groups in total. The smallest absolute Gasteiger partial charge is 0.314 e. The molecule has 1 aliphatic heterocycles. The molecule has 0 aromatic heterocycles. The lowest BCUT2D eigenvalue weighted by Gasteiger charge is -2.22. The number of carbonyl (C=O) groups excluding carboxylic acids is 1. The van der Waals surface area contributed by atoms with Gasteiger partial charge in [0.25, 0.3) is 0 Å². The van der Waals surface area contributed by atoms with Crippen LogP contribution >= 0.6 is 0 Å². The number of benzene rings is 1. The first kappa shape index (κ1) is 18.3. The van der Waals surface area contributed by atoms with Gasteiger partial charge in [0.05, 0.1) is 26.2 Å². The van der Waals surface area contributed by atoms with E-state index in [1.54, 1.807) is 0 Å². The Morgan fingerprint density at radius 2 is 1.96 bits per heavy atom. The van der Waals surface area contributed by atoms with Crippen LogP contribution in [0.2, 0.25) is 0 Å². The van der Waals surface area contributed by atoms with E-state index >= 15 is 0 Å². The van der Waals surface area contributed by atoms with Crippen molar-refractivity contribution in [2.45, 2.75) is 26.2 Å². The molecule has 0 spiro atoms. The van der Waals surface area contributed by atoms with Crippen LogP contribution in [0.4, 0.5) is 0 Å². The quantitative estimate of drug-likeness (QED) is 0.567. The molecule has 132 valence electrons. The highest BCUT2D eigenvalue weighted by Gasteiger charge is 2.30. The second kappa shape index (κ2) is 8.73. The lowest BCUT2D eigenvalue weighted by atomic mass is 9.93. The van der Waals surface area contributed by atoms with Crippen molar-refractivity contribution in [2.75, 3.05) is 40.0 Å². The molecule has 0 bridgehead atoms. The number of nitrogens with zero attached hydrogens (tertiary/aromatic N) is 1. The Kier molecular flexibility index (Phi) is 6.67. The predicted octanol–water partition coefficient (Wildman–Crippen LogP) is 2.78. The van der Waals surface area contributed by atoms with Crippen LogP contribution < -0.4 is 9.47 Å². The maximum absolute atomic E-state index is 12.4. The van der Waals surface area contributed by atoms with Gasteiger partial charge in [0.2, 0.25) is 0 Å². The van der Waals surface area contributed by atoms with E-state index in [4.69, 9.17) is 14.2 Å². The van der Waals surface area contributed by atoms with E-state index < -0.39 is 0 Å². The van der Waals surface area contributed by atoms with E-state index in [1.165, 1.54) is 7.11 Å². The SMILES string of the molecule is C=CCN1CCc2cc(OCC)c(OCC)cc2C(C(=O)OC)C1.